The van der Waals surface area contributed by atoms with Crippen molar-refractivity contribution in [3.8, 4) is 5.75 Å². The van der Waals surface area contributed by atoms with Crippen LogP contribution in [0.4, 0.5) is 16.6 Å². The maximum atomic E-state index is 12.6. The lowest BCUT2D eigenvalue weighted by atomic mass is 10.1. The van der Waals surface area contributed by atoms with Crippen molar-refractivity contribution in [2.45, 2.75) is 39.8 Å². The molecular weight excluding hydrogens is 432 g/mol. The molecule has 0 fully saturated rings. The minimum atomic E-state index is -0.710. The number of nitrogens with zero attached hydrogens (tertiary/aromatic N) is 3. The summed E-state index contributed by atoms with van der Waals surface area (Å²) >= 11 is 1.15. The number of phenols is 1. The number of aryl methyl sites for hydroxylation is 1. The number of rotatable bonds is 8. The van der Waals surface area contributed by atoms with Crippen LogP contribution in [-0.2, 0) is 11.3 Å². The standard InChI is InChI=1S/C21H26N6O4S/c1-12-5-6-14(29)13(2)18(12)24-19(31)15-9-22-20(32-15)23-16-7-8-27(26-16)10-17(30)25-21(3,4)11-28/h5-9,28-29H,10-11H2,1-4H3,(H,24,31)(H,25,30)(H,22,23,26). The van der Waals surface area contributed by atoms with Gasteiger partial charge in [-0.2, -0.15) is 5.10 Å². The zero-order valence-electron chi connectivity index (χ0n) is 18.3. The first-order valence-electron chi connectivity index (χ1n) is 9.86. The molecule has 0 atom stereocenters. The van der Waals surface area contributed by atoms with E-state index in [9.17, 15) is 19.8 Å². The maximum Gasteiger partial charge on any atom is 0.267 e. The van der Waals surface area contributed by atoms with Crippen LogP contribution in [0.2, 0.25) is 0 Å². The molecule has 11 heteroatoms. The lowest BCUT2D eigenvalue weighted by Crippen LogP contribution is -2.47. The number of carbonyl (C=O) groups is 2. The molecule has 0 radical (unpaired) electrons. The number of benzene rings is 1. The van der Waals surface area contributed by atoms with Crippen LogP contribution in [0.5, 0.6) is 5.75 Å². The van der Waals surface area contributed by atoms with Gasteiger partial charge in [0.25, 0.3) is 5.91 Å². The Morgan fingerprint density at radius 1 is 1.22 bits per heavy atom. The van der Waals surface area contributed by atoms with E-state index in [4.69, 9.17) is 0 Å². The Morgan fingerprint density at radius 3 is 2.69 bits per heavy atom. The number of amides is 2. The van der Waals surface area contributed by atoms with Gasteiger partial charge in [-0.05, 0) is 39.3 Å². The Kier molecular flexibility index (Phi) is 6.80. The van der Waals surface area contributed by atoms with Crippen molar-refractivity contribution >= 4 is 39.8 Å². The van der Waals surface area contributed by atoms with Gasteiger partial charge in [-0.15, -0.1) is 0 Å². The molecule has 5 N–H and O–H groups in total. The summed E-state index contributed by atoms with van der Waals surface area (Å²) in [7, 11) is 0. The highest BCUT2D eigenvalue weighted by atomic mass is 32.1. The highest BCUT2D eigenvalue weighted by Crippen LogP contribution is 2.29. The third-order valence-electron chi connectivity index (χ3n) is 4.67. The van der Waals surface area contributed by atoms with Crippen molar-refractivity contribution < 1.29 is 19.8 Å². The monoisotopic (exact) mass is 458 g/mol. The summed E-state index contributed by atoms with van der Waals surface area (Å²) in [5, 5.41) is 32.4. The normalized spacial score (nSPS) is 11.3. The molecule has 0 saturated heterocycles. The molecule has 0 saturated carbocycles. The second-order valence-corrected chi connectivity index (χ2v) is 9.03. The molecule has 0 spiro atoms. The fourth-order valence-electron chi connectivity index (χ4n) is 2.87. The van der Waals surface area contributed by atoms with Crippen LogP contribution >= 0.6 is 11.3 Å². The number of thiazole rings is 1. The number of aliphatic hydroxyl groups is 1. The van der Waals surface area contributed by atoms with E-state index in [0.717, 1.165) is 16.9 Å². The fourth-order valence-corrected chi connectivity index (χ4v) is 3.59. The number of aromatic hydroxyl groups is 1. The Labute approximate surface area is 189 Å². The van der Waals surface area contributed by atoms with Gasteiger partial charge in [-0.1, -0.05) is 17.4 Å². The molecule has 0 aliphatic carbocycles. The number of hydrogen-bond acceptors (Lipinski definition) is 8. The average Bonchev–Trinajstić information content (AvgIpc) is 3.37. The molecule has 3 rings (SSSR count). The second kappa shape index (κ2) is 9.37. The Hall–Kier alpha value is -3.44. The summed E-state index contributed by atoms with van der Waals surface area (Å²) in [6.07, 6.45) is 3.10. The van der Waals surface area contributed by atoms with Crippen molar-refractivity contribution in [1.82, 2.24) is 20.1 Å². The summed E-state index contributed by atoms with van der Waals surface area (Å²) in [5.74, 6) is -0.0209. The first-order chi connectivity index (χ1) is 15.1. The summed E-state index contributed by atoms with van der Waals surface area (Å²) in [6, 6.07) is 5.01. The Bertz CT molecular complexity index is 1140. The number of phenolic OH excluding ortho intramolecular Hbond substituents is 1. The van der Waals surface area contributed by atoms with E-state index < -0.39 is 5.54 Å². The molecule has 1 aromatic carbocycles. The molecule has 170 valence electrons. The van der Waals surface area contributed by atoms with E-state index in [0.29, 0.717) is 27.1 Å². The summed E-state index contributed by atoms with van der Waals surface area (Å²) < 4.78 is 1.46. The topological polar surface area (TPSA) is 141 Å². The highest BCUT2D eigenvalue weighted by molar-refractivity contribution is 7.17. The first-order valence-corrected chi connectivity index (χ1v) is 10.7. The van der Waals surface area contributed by atoms with Gasteiger partial charge in [0.05, 0.1) is 24.0 Å². The van der Waals surface area contributed by atoms with Crippen molar-refractivity contribution in [1.29, 1.82) is 0 Å². The van der Waals surface area contributed by atoms with Crippen molar-refractivity contribution in [3.63, 3.8) is 0 Å². The predicted octanol–water partition coefficient (Wildman–Crippen LogP) is 2.55. The van der Waals surface area contributed by atoms with Gasteiger partial charge in [-0.25, -0.2) is 4.98 Å². The first kappa shape index (κ1) is 23.2. The number of hydrogen-bond donors (Lipinski definition) is 5. The molecule has 2 aromatic heterocycles. The van der Waals surface area contributed by atoms with Gasteiger partial charge < -0.3 is 26.2 Å². The van der Waals surface area contributed by atoms with E-state index >= 15 is 0 Å². The van der Waals surface area contributed by atoms with Crippen LogP contribution in [-0.4, -0.2) is 48.9 Å². The molecule has 32 heavy (non-hydrogen) atoms. The van der Waals surface area contributed by atoms with Crippen molar-refractivity contribution in [2.75, 3.05) is 17.2 Å². The smallest absolute Gasteiger partial charge is 0.267 e. The van der Waals surface area contributed by atoms with Gasteiger partial charge >= 0.3 is 0 Å². The molecule has 2 amide bonds. The second-order valence-electron chi connectivity index (χ2n) is 8.00. The number of aromatic nitrogens is 3. The Balaban J connectivity index is 1.62. The van der Waals surface area contributed by atoms with Gasteiger partial charge in [0.1, 0.15) is 17.2 Å². The van der Waals surface area contributed by atoms with E-state index in [1.807, 2.05) is 6.92 Å². The zero-order chi connectivity index (χ0) is 23.5. The average molecular weight is 459 g/mol. The van der Waals surface area contributed by atoms with E-state index in [1.165, 1.54) is 10.9 Å². The minimum absolute atomic E-state index is 0.000736. The molecule has 10 nitrogen and oxygen atoms in total. The predicted molar refractivity (Wildman–Crippen MR) is 122 cm³/mol. The number of carbonyl (C=O) groups excluding carboxylic acids is 2. The number of anilines is 3. The summed E-state index contributed by atoms with van der Waals surface area (Å²) in [6.45, 7) is 6.86. The highest BCUT2D eigenvalue weighted by Gasteiger charge is 2.19. The van der Waals surface area contributed by atoms with Crippen LogP contribution in [0.25, 0.3) is 0 Å². The summed E-state index contributed by atoms with van der Waals surface area (Å²) in [4.78, 5) is 29.3. The maximum absolute atomic E-state index is 12.6. The van der Waals surface area contributed by atoms with E-state index in [1.54, 1.807) is 45.2 Å². The van der Waals surface area contributed by atoms with Gasteiger partial charge in [0.15, 0.2) is 10.9 Å². The van der Waals surface area contributed by atoms with Crippen LogP contribution in [0, 0.1) is 13.8 Å². The Morgan fingerprint density at radius 2 is 1.97 bits per heavy atom. The minimum Gasteiger partial charge on any atom is -0.508 e. The molecule has 2 heterocycles. The summed E-state index contributed by atoms with van der Waals surface area (Å²) in [5.41, 5.74) is 1.30. The quantitative estimate of drug-likeness (QED) is 0.349. The molecular formula is C21H26N6O4S. The van der Waals surface area contributed by atoms with Gasteiger partial charge in [0, 0.05) is 17.8 Å². The molecule has 0 bridgehead atoms. The number of nitrogens with one attached hydrogen (secondary N) is 3. The van der Waals surface area contributed by atoms with Crippen LogP contribution < -0.4 is 16.0 Å². The van der Waals surface area contributed by atoms with Crippen LogP contribution in [0.3, 0.4) is 0 Å². The molecule has 0 aliphatic rings. The van der Waals surface area contributed by atoms with Crippen molar-refractivity contribution in [2.24, 2.45) is 0 Å². The van der Waals surface area contributed by atoms with Gasteiger partial charge in [-0.3, -0.25) is 14.3 Å². The van der Waals surface area contributed by atoms with Crippen molar-refractivity contribution in [3.05, 3.63) is 46.6 Å². The van der Waals surface area contributed by atoms with Gasteiger partial charge in [0.2, 0.25) is 5.91 Å². The molecule has 0 unspecified atom stereocenters. The molecule has 0 aliphatic heterocycles. The van der Waals surface area contributed by atoms with E-state index in [2.05, 4.69) is 26.0 Å². The zero-order valence-corrected chi connectivity index (χ0v) is 19.1. The van der Waals surface area contributed by atoms with E-state index in [-0.39, 0.29) is 30.7 Å². The third-order valence-corrected chi connectivity index (χ3v) is 5.58. The molecule has 3 aromatic rings. The fraction of sp³-hybridized carbons (Fsp3) is 0.333. The third kappa shape index (κ3) is 5.62. The lowest BCUT2D eigenvalue weighted by Gasteiger charge is -2.23. The SMILES string of the molecule is Cc1ccc(O)c(C)c1NC(=O)c1cnc(Nc2ccn(CC(=O)NC(C)(C)CO)n2)s1. The lowest BCUT2D eigenvalue weighted by molar-refractivity contribution is -0.123. The largest absolute Gasteiger partial charge is 0.508 e. The van der Waals surface area contributed by atoms with Crippen LogP contribution in [0.1, 0.15) is 34.6 Å². The van der Waals surface area contributed by atoms with Crippen LogP contribution in [0.15, 0.2) is 30.6 Å². The number of aliphatic hydroxyl groups excluding tert-OH is 1.